The number of H-pyrrole nitrogens is 1. The van der Waals surface area contributed by atoms with Gasteiger partial charge in [0.25, 0.3) is 11.8 Å². The summed E-state index contributed by atoms with van der Waals surface area (Å²) in [5, 5.41) is 13.6. The molecule has 1 fully saturated rings. The molecule has 1 aromatic heterocycles. The number of nitrogens with one attached hydrogen (secondary N) is 1. The number of amides is 2. The quantitative estimate of drug-likeness (QED) is 0.321. The van der Waals surface area contributed by atoms with Gasteiger partial charge in [0.1, 0.15) is 24.9 Å². The van der Waals surface area contributed by atoms with Gasteiger partial charge in [0.05, 0.1) is 11.1 Å². The Morgan fingerprint density at radius 1 is 0.971 bits per heavy atom. The van der Waals surface area contributed by atoms with Crippen LogP contribution in [0.4, 0.5) is 0 Å². The van der Waals surface area contributed by atoms with Crippen molar-refractivity contribution in [2.45, 2.75) is 51.2 Å². The van der Waals surface area contributed by atoms with Crippen molar-refractivity contribution >= 4 is 29.7 Å². The van der Waals surface area contributed by atoms with Crippen LogP contribution in [0.15, 0.2) is 24.3 Å². The van der Waals surface area contributed by atoms with Crippen LogP contribution in [0.5, 0.6) is 0 Å². The number of ether oxygens (including phenoxy) is 4. The monoisotopic (exact) mass is 487 g/mol. The van der Waals surface area contributed by atoms with E-state index in [9.17, 15) is 24.0 Å². The van der Waals surface area contributed by atoms with Gasteiger partial charge in [-0.1, -0.05) is 17.3 Å². The summed E-state index contributed by atoms with van der Waals surface area (Å²) in [6.45, 7) is 3.01. The molecule has 1 aromatic carbocycles. The number of hydrogen-bond acceptors (Lipinski definition) is 12. The minimum Gasteiger partial charge on any atom is -0.463 e. The van der Waals surface area contributed by atoms with Crippen molar-refractivity contribution in [3.8, 4) is 0 Å². The maximum atomic E-state index is 13.3. The molecule has 0 unspecified atom stereocenters. The SMILES string of the molecule is CC(=O)OC[C@H]1O[C@@H](c2nn[nH]n2)[C@H](N2C(=O)c3ccccc3C2=O)[C@@H](OC(C)=O)[C@@H]1OC(C)=O. The first kappa shape index (κ1) is 23.9. The van der Waals surface area contributed by atoms with Crippen LogP contribution in [0, 0.1) is 0 Å². The highest BCUT2D eigenvalue weighted by Gasteiger charge is 2.58. The van der Waals surface area contributed by atoms with E-state index in [0.29, 0.717) is 0 Å². The lowest BCUT2D eigenvalue weighted by Crippen LogP contribution is -2.64. The van der Waals surface area contributed by atoms with Gasteiger partial charge < -0.3 is 18.9 Å². The number of aromatic nitrogens is 4. The number of imide groups is 1. The van der Waals surface area contributed by atoms with Gasteiger partial charge in [-0.2, -0.15) is 5.21 Å². The van der Waals surface area contributed by atoms with Crippen LogP contribution >= 0.6 is 0 Å². The van der Waals surface area contributed by atoms with E-state index in [-0.39, 0.29) is 17.0 Å². The number of tetrazole rings is 1. The standard InChI is InChI=1S/C21H21N5O9/c1-9(27)32-8-14-16(33-10(2)28)17(34-11(3)29)15(18(35-14)19-22-24-25-23-19)26-20(30)12-6-4-5-7-13(12)21(26)31/h4-7,14-18H,8H2,1-3H3,(H,22,23,24,25)/t14-,15-,16-,17-,18-/m1/s1. The Kier molecular flexibility index (Phi) is 6.55. The maximum absolute atomic E-state index is 13.3. The molecule has 14 heteroatoms. The predicted molar refractivity (Wildman–Crippen MR) is 110 cm³/mol. The third kappa shape index (κ3) is 4.59. The molecule has 0 saturated carbocycles. The summed E-state index contributed by atoms with van der Waals surface area (Å²) in [6, 6.07) is 4.80. The Morgan fingerprint density at radius 3 is 2.09 bits per heavy atom. The van der Waals surface area contributed by atoms with Gasteiger partial charge in [-0.05, 0) is 12.1 Å². The van der Waals surface area contributed by atoms with Gasteiger partial charge in [0, 0.05) is 20.8 Å². The minimum absolute atomic E-state index is 0.0715. The van der Waals surface area contributed by atoms with E-state index in [4.69, 9.17) is 18.9 Å². The molecule has 4 rings (SSSR count). The fraction of sp³-hybridized carbons (Fsp3) is 0.429. The highest BCUT2D eigenvalue weighted by molar-refractivity contribution is 6.21. The molecule has 2 amide bonds. The molecule has 1 saturated heterocycles. The number of esters is 3. The Hall–Kier alpha value is -4.20. The molecular formula is C21H21N5O9. The smallest absolute Gasteiger partial charge is 0.303 e. The maximum Gasteiger partial charge on any atom is 0.303 e. The van der Waals surface area contributed by atoms with Crippen molar-refractivity contribution in [2.75, 3.05) is 6.61 Å². The number of aromatic amines is 1. The van der Waals surface area contributed by atoms with Crippen LogP contribution in [-0.2, 0) is 33.3 Å². The first-order chi connectivity index (χ1) is 16.7. The molecule has 0 aliphatic carbocycles. The second-order valence-electron chi connectivity index (χ2n) is 7.83. The summed E-state index contributed by atoms with van der Waals surface area (Å²) < 4.78 is 22.0. The van der Waals surface area contributed by atoms with E-state index in [2.05, 4.69) is 20.6 Å². The van der Waals surface area contributed by atoms with E-state index in [1.54, 1.807) is 12.1 Å². The average molecular weight is 487 g/mol. The summed E-state index contributed by atoms with van der Waals surface area (Å²) in [5.41, 5.74) is 0.272. The number of rotatable bonds is 6. The summed E-state index contributed by atoms with van der Waals surface area (Å²) in [6.07, 6.45) is -5.22. The van der Waals surface area contributed by atoms with E-state index < -0.39 is 66.8 Å². The summed E-state index contributed by atoms with van der Waals surface area (Å²) in [5.74, 6) is -3.61. The van der Waals surface area contributed by atoms with Crippen molar-refractivity contribution < 1.29 is 42.9 Å². The highest BCUT2D eigenvalue weighted by Crippen LogP contribution is 2.40. The van der Waals surface area contributed by atoms with Crippen molar-refractivity contribution in [3.05, 3.63) is 41.2 Å². The fourth-order valence-corrected chi connectivity index (χ4v) is 4.19. The van der Waals surface area contributed by atoms with Crippen LogP contribution in [-0.4, -0.2) is 86.2 Å². The summed E-state index contributed by atoms with van der Waals surface area (Å²) >= 11 is 0. The van der Waals surface area contributed by atoms with E-state index in [1.165, 1.54) is 19.1 Å². The Morgan fingerprint density at radius 2 is 1.57 bits per heavy atom. The van der Waals surface area contributed by atoms with Gasteiger partial charge in [-0.3, -0.25) is 28.9 Å². The molecule has 1 N–H and O–H groups in total. The van der Waals surface area contributed by atoms with E-state index in [0.717, 1.165) is 18.7 Å². The Labute approximate surface area is 197 Å². The topological polar surface area (TPSA) is 180 Å². The van der Waals surface area contributed by atoms with Crippen LogP contribution in [0.25, 0.3) is 0 Å². The second kappa shape index (κ2) is 9.58. The zero-order chi connectivity index (χ0) is 25.3. The lowest BCUT2D eigenvalue weighted by atomic mass is 9.90. The molecule has 184 valence electrons. The van der Waals surface area contributed by atoms with Crippen molar-refractivity contribution in [1.82, 2.24) is 25.5 Å². The molecule has 5 atom stereocenters. The van der Waals surface area contributed by atoms with Crippen LogP contribution in [0.1, 0.15) is 53.4 Å². The molecule has 35 heavy (non-hydrogen) atoms. The average Bonchev–Trinajstić information content (AvgIpc) is 3.41. The van der Waals surface area contributed by atoms with Crippen molar-refractivity contribution in [3.63, 3.8) is 0 Å². The molecule has 2 aliphatic heterocycles. The number of carbonyl (C=O) groups is 5. The summed E-state index contributed by atoms with van der Waals surface area (Å²) in [7, 11) is 0. The number of nitrogens with zero attached hydrogens (tertiary/aromatic N) is 4. The lowest BCUT2D eigenvalue weighted by Gasteiger charge is -2.46. The van der Waals surface area contributed by atoms with Crippen LogP contribution in [0.3, 0.4) is 0 Å². The molecule has 0 bridgehead atoms. The van der Waals surface area contributed by atoms with Crippen molar-refractivity contribution in [1.29, 1.82) is 0 Å². The molecule has 0 radical (unpaired) electrons. The number of fused-ring (bicyclic) bond motifs is 1. The zero-order valence-corrected chi connectivity index (χ0v) is 18.9. The van der Waals surface area contributed by atoms with Gasteiger partial charge in [0.15, 0.2) is 12.2 Å². The van der Waals surface area contributed by atoms with Gasteiger partial charge in [0.2, 0.25) is 5.82 Å². The fourth-order valence-electron chi connectivity index (χ4n) is 4.19. The largest absolute Gasteiger partial charge is 0.463 e. The lowest BCUT2D eigenvalue weighted by molar-refractivity contribution is -0.232. The van der Waals surface area contributed by atoms with Gasteiger partial charge >= 0.3 is 17.9 Å². The second-order valence-corrected chi connectivity index (χ2v) is 7.83. The molecule has 3 heterocycles. The molecule has 0 spiro atoms. The molecule has 2 aromatic rings. The molecular weight excluding hydrogens is 466 g/mol. The summed E-state index contributed by atoms with van der Waals surface area (Å²) in [4.78, 5) is 63.1. The third-order valence-electron chi connectivity index (χ3n) is 5.45. The highest BCUT2D eigenvalue weighted by atomic mass is 16.6. The number of hydrogen-bond donors (Lipinski definition) is 1. The first-order valence-electron chi connectivity index (χ1n) is 10.5. The molecule has 2 aliphatic rings. The third-order valence-corrected chi connectivity index (χ3v) is 5.45. The Bertz CT molecular complexity index is 1130. The first-order valence-corrected chi connectivity index (χ1v) is 10.5. The normalized spacial score (nSPS) is 25.7. The number of benzene rings is 1. The van der Waals surface area contributed by atoms with Gasteiger partial charge in [-0.25, -0.2) is 0 Å². The predicted octanol–water partition coefficient (Wildman–Crippen LogP) is -0.269. The molecule has 14 nitrogen and oxygen atoms in total. The van der Waals surface area contributed by atoms with E-state index in [1.807, 2.05) is 0 Å². The minimum atomic E-state index is -1.42. The number of carbonyl (C=O) groups excluding carboxylic acids is 5. The zero-order valence-electron chi connectivity index (χ0n) is 18.9. The van der Waals surface area contributed by atoms with Crippen LogP contribution in [0.2, 0.25) is 0 Å². The van der Waals surface area contributed by atoms with Crippen LogP contribution < -0.4 is 0 Å². The van der Waals surface area contributed by atoms with Crippen molar-refractivity contribution in [2.24, 2.45) is 0 Å². The Balaban J connectivity index is 1.84. The van der Waals surface area contributed by atoms with E-state index >= 15 is 0 Å². The van der Waals surface area contributed by atoms with Gasteiger partial charge in [-0.15, -0.1) is 10.2 Å².